The van der Waals surface area contributed by atoms with Crippen LogP contribution >= 0.6 is 0 Å². The molecule has 80 valence electrons. The van der Waals surface area contributed by atoms with Crippen LogP contribution < -0.4 is 5.32 Å². The van der Waals surface area contributed by atoms with E-state index in [0.29, 0.717) is 25.2 Å². The molecule has 0 unspecified atom stereocenters. The van der Waals surface area contributed by atoms with Crippen LogP contribution in [0.5, 0.6) is 0 Å². The molecule has 14 heavy (non-hydrogen) atoms. The van der Waals surface area contributed by atoms with Crippen molar-refractivity contribution in [3.05, 3.63) is 0 Å². The summed E-state index contributed by atoms with van der Waals surface area (Å²) < 4.78 is 11.2. The molecule has 0 amide bonds. The van der Waals surface area contributed by atoms with Crippen molar-refractivity contribution in [2.75, 3.05) is 13.2 Å². The molecule has 0 saturated carbocycles. The minimum atomic E-state index is -0.493. The third kappa shape index (κ3) is 2.13. The minimum absolute atomic E-state index is 0.0225. The first-order chi connectivity index (χ1) is 6.57. The van der Waals surface area contributed by atoms with Crippen LogP contribution in [-0.2, 0) is 14.3 Å². The molecule has 2 aliphatic rings. The van der Waals surface area contributed by atoms with Crippen LogP contribution in [0.15, 0.2) is 0 Å². The highest BCUT2D eigenvalue weighted by Crippen LogP contribution is 2.26. The van der Waals surface area contributed by atoms with Crippen molar-refractivity contribution in [2.45, 2.75) is 44.6 Å². The summed E-state index contributed by atoms with van der Waals surface area (Å²) in [5.41, 5.74) is 0. The molecule has 0 aliphatic carbocycles. The molecule has 0 aromatic rings. The average molecular weight is 199 g/mol. The summed E-state index contributed by atoms with van der Waals surface area (Å²) in [6.45, 7) is 5.15. The standard InChI is InChI=1S/C10H17NO3/c1-10(2)13-6-9(14-10)8-5-7(12)3-4-11-8/h8-9,11H,3-6H2,1-2H3/t8-,9+/m0/s1. The molecule has 0 bridgehead atoms. The second-order valence-electron chi connectivity index (χ2n) is 4.42. The fourth-order valence-corrected chi connectivity index (χ4v) is 1.99. The van der Waals surface area contributed by atoms with Gasteiger partial charge in [0.2, 0.25) is 0 Å². The third-order valence-electron chi connectivity index (χ3n) is 2.74. The molecule has 4 heteroatoms. The lowest BCUT2D eigenvalue weighted by atomic mass is 9.99. The minimum Gasteiger partial charge on any atom is -0.348 e. The van der Waals surface area contributed by atoms with E-state index in [0.717, 1.165) is 6.54 Å². The largest absolute Gasteiger partial charge is 0.348 e. The normalized spacial score (nSPS) is 37.4. The molecule has 0 aromatic carbocycles. The maximum atomic E-state index is 11.3. The van der Waals surface area contributed by atoms with Gasteiger partial charge in [-0.2, -0.15) is 0 Å². The van der Waals surface area contributed by atoms with Crippen molar-refractivity contribution in [1.82, 2.24) is 5.32 Å². The van der Waals surface area contributed by atoms with E-state index in [-0.39, 0.29) is 12.1 Å². The quantitative estimate of drug-likeness (QED) is 0.666. The summed E-state index contributed by atoms with van der Waals surface area (Å²) in [7, 11) is 0. The zero-order valence-corrected chi connectivity index (χ0v) is 8.71. The number of rotatable bonds is 1. The zero-order valence-electron chi connectivity index (χ0n) is 8.71. The number of ether oxygens (including phenoxy) is 2. The lowest BCUT2D eigenvalue weighted by Gasteiger charge is -2.27. The van der Waals surface area contributed by atoms with Gasteiger partial charge < -0.3 is 14.8 Å². The van der Waals surface area contributed by atoms with Gasteiger partial charge in [-0.15, -0.1) is 0 Å². The highest BCUT2D eigenvalue weighted by atomic mass is 16.7. The van der Waals surface area contributed by atoms with Gasteiger partial charge in [-0.3, -0.25) is 4.79 Å². The van der Waals surface area contributed by atoms with Crippen molar-refractivity contribution in [3.8, 4) is 0 Å². The molecule has 2 rings (SSSR count). The summed E-state index contributed by atoms with van der Waals surface area (Å²) in [6, 6.07) is 0.137. The second-order valence-corrected chi connectivity index (χ2v) is 4.42. The smallest absolute Gasteiger partial charge is 0.163 e. The molecule has 2 aliphatic heterocycles. The number of carbonyl (C=O) groups is 1. The molecule has 0 radical (unpaired) electrons. The molecule has 1 N–H and O–H groups in total. The van der Waals surface area contributed by atoms with Crippen LogP contribution in [0.3, 0.4) is 0 Å². The molecule has 2 atom stereocenters. The number of hydrogen-bond donors (Lipinski definition) is 1. The molecule has 4 nitrogen and oxygen atoms in total. The molecule has 2 saturated heterocycles. The van der Waals surface area contributed by atoms with Gasteiger partial charge in [0.15, 0.2) is 5.79 Å². The first-order valence-electron chi connectivity index (χ1n) is 5.14. The monoisotopic (exact) mass is 199 g/mol. The number of ketones is 1. The maximum Gasteiger partial charge on any atom is 0.163 e. The zero-order chi connectivity index (χ0) is 10.2. The van der Waals surface area contributed by atoms with Crippen LogP contribution in [0.1, 0.15) is 26.7 Å². The van der Waals surface area contributed by atoms with Gasteiger partial charge in [0.05, 0.1) is 6.61 Å². The lowest BCUT2D eigenvalue weighted by molar-refractivity contribution is -0.144. The molecular formula is C10H17NO3. The van der Waals surface area contributed by atoms with E-state index in [4.69, 9.17) is 9.47 Å². The highest BCUT2D eigenvalue weighted by molar-refractivity contribution is 5.80. The molecule has 2 fully saturated rings. The molecule has 2 heterocycles. The van der Waals surface area contributed by atoms with E-state index in [2.05, 4.69) is 5.32 Å². The Kier molecular flexibility index (Phi) is 2.60. The van der Waals surface area contributed by atoms with Gasteiger partial charge in [-0.05, 0) is 13.8 Å². The van der Waals surface area contributed by atoms with Gasteiger partial charge in [-0.25, -0.2) is 0 Å². The highest BCUT2D eigenvalue weighted by Gasteiger charge is 2.38. The van der Waals surface area contributed by atoms with Crippen LogP contribution in [0.2, 0.25) is 0 Å². The van der Waals surface area contributed by atoms with Crippen LogP contribution in [-0.4, -0.2) is 36.9 Å². The van der Waals surface area contributed by atoms with Gasteiger partial charge in [0, 0.05) is 25.4 Å². The van der Waals surface area contributed by atoms with E-state index in [1.165, 1.54) is 0 Å². The lowest BCUT2D eigenvalue weighted by Crippen LogP contribution is -2.47. The van der Waals surface area contributed by atoms with E-state index in [1.54, 1.807) is 0 Å². The molecule has 0 aromatic heterocycles. The Hall–Kier alpha value is -0.450. The summed E-state index contributed by atoms with van der Waals surface area (Å²) >= 11 is 0. The summed E-state index contributed by atoms with van der Waals surface area (Å²) in [5, 5.41) is 3.30. The Labute approximate surface area is 84.0 Å². The molecular weight excluding hydrogens is 182 g/mol. The van der Waals surface area contributed by atoms with Crippen molar-refractivity contribution >= 4 is 5.78 Å². The summed E-state index contributed by atoms with van der Waals surface area (Å²) in [4.78, 5) is 11.3. The molecule has 0 spiro atoms. The van der Waals surface area contributed by atoms with Gasteiger partial charge in [0.1, 0.15) is 11.9 Å². The van der Waals surface area contributed by atoms with Gasteiger partial charge in [0.25, 0.3) is 0 Å². The number of carbonyl (C=O) groups excluding carboxylic acids is 1. The van der Waals surface area contributed by atoms with E-state index < -0.39 is 5.79 Å². The first kappa shape index (κ1) is 10.1. The Morgan fingerprint density at radius 1 is 1.50 bits per heavy atom. The third-order valence-corrected chi connectivity index (χ3v) is 2.74. The van der Waals surface area contributed by atoms with Crippen molar-refractivity contribution in [2.24, 2.45) is 0 Å². The Balaban J connectivity index is 1.93. The topological polar surface area (TPSA) is 47.6 Å². The average Bonchev–Trinajstić information content (AvgIpc) is 2.46. The van der Waals surface area contributed by atoms with Crippen molar-refractivity contribution in [3.63, 3.8) is 0 Å². The Morgan fingerprint density at radius 3 is 2.86 bits per heavy atom. The number of hydrogen-bond acceptors (Lipinski definition) is 4. The van der Waals surface area contributed by atoms with E-state index >= 15 is 0 Å². The Morgan fingerprint density at radius 2 is 2.29 bits per heavy atom. The Bertz CT molecular complexity index is 240. The number of piperidine rings is 1. The SMILES string of the molecule is CC1(C)OC[C@H]([C@@H]2CC(=O)CCN2)O1. The predicted molar refractivity (Wildman–Crippen MR) is 50.9 cm³/mol. The van der Waals surface area contributed by atoms with E-state index in [9.17, 15) is 4.79 Å². The summed E-state index contributed by atoms with van der Waals surface area (Å²) in [5.74, 6) is -0.172. The fourth-order valence-electron chi connectivity index (χ4n) is 1.99. The first-order valence-corrected chi connectivity index (χ1v) is 5.14. The van der Waals surface area contributed by atoms with Gasteiger partial charge >= 0.3 is 0 Å². The van der Waals surface area contributed by atoms with Crippen LogP contribution in [0, 0.1) is 0 Å². The number of Topliss-reactive ketones (excluding diaryl/α,β-unsaturated/α-hetero) is 1. The predicted octanol–water partition coefficient (Wildman–Crippen LogP) is 0.459. The van der Waals surface area contributed by atoms with Crippen LogP contribution in [0.25, 0.3) is 0 Å². The van der Waals surface area contributed by atoms with Crippen molar-refractivity contribution in [1.29, 1.82) is 0 Å². The van der Waals surface area contributed by atoms with Gasteiger partial charge in [-0.1, -0.05) is 0 Å². The second kappa shape index (κ2) is 3.61. The summed E-state index contributed by atoms with van der Waals surface area (Å²) in [6.07, 6.45) is 1.24. The van der Waals surface area contributed by atoms with Crippen molar-refractivity contribution < 1.29 is 14.3 Å². The number of nitrogens with one attached hydrogen (secondary N) is 1. The fraction of sp³-hybridized carbons (Fsp3) is 0.900. The maximum absolute atomic E-state index is 11.3. The van der Waals surface area contributed by atoms with E-state index in [1.807, 2.05) is 13.8 Å². The van der Waals surface area contributed by atoms with Crippen LogP contribution in [0.4, 0.5) is 0 Å².